The van der Waals surface area contributed by atoms with Crippen LogP contribution in [-0.4, -0.2) is 76.7 Å². The number of piperidine rings is 1. The number of benzene rings is 2. The largest absolute Gasteiger partial charge is 0.465 e. The van der Waals surface area contributed by atoms with Crippen molar-refractivity contribution in [3.63, 3.8) is 0 Å². The molecule has 3 fully saturated rings. The van der Waals surface area contributed by atoms with Crippen molar-refractivity contribution in [2.75, 3.05) is 43.5 Å². The summed E-state index contributed by atoms with van der Waals surface area (Å²) in [6, 6.07) is 15.2. The first kappa shape index (κ1) is 32.9. The molecule has 8 rings (SSSR count). The van der Waals surface area contributed by atoms with Crippen LogP contribution in [0.15, 0.2) is 48.8 Å². The van der Waals surface area contributed by atoms with Gasteiger partial charge in [0.15, 0.2) is 5.82 Å². The second kappa shape index (κ2) is 12.2. The fraction of sp³-hybridized carbons (Fsp3) is 0.500. The van der Waals surface area contributed by atoms with Gasteiger partial charge in [0.25, 0.3) is 0 Å². The van der Waals surface area contributed by atoms with Crippen molar-refractivity contribution in [2.24, 2.45) is 5.41 Å². The molecule has 2 aromatic carbocycles. The molecule has 2 aromatic heterocycles. The third-order valence-corrected chi connectivity index (χ3v) is 11.8. The minimum Gasteiger partial charge on any atom is -0.465 e. The molecule has 0 radical (unpaired) electrons. The third kappa shape index (κ3) is 5.39. The van der Waals surface area contributed by atoms with Crippen molar-refractivity contribution in [3.05, 3.63) is 65.5 Å². The van der Waals surface area contributed by atoms with Gasteiger partial charge in [0.1, 0.15) is 5.52 Å². The summed E-state index contributed by atoms with van der Waals surface area (Å²) in [5, 5.41) is 7.01. The number of carbonyl (C=O) groups excluding carboxylic acids is 2. The molecule has 5 heterocycles. The lowest BCUT2D eigenvalue weighted by molar-refractivity contribution is -0.125. The van der Waals surface area contributed by atoms with Gasteiger partial charge < -0.3 is 24.8 Å². The first-order chi connectivity index (χ1) is 24.0. The Labute approximate surface area is 294 Å². The number of esters is 1. The molecule has 4 aromatic rings. The number of hydrogen-bond donors (Lipinski definition) is 2. The normalized spacial score (nSPS) is 22.7. The summed E-state index contributed by atoms with van der Waals surface area (Å²) < 4.78 is 7.15. The minimum absolute atomic E-state index is 0.163. The van der Waals surface area contributed by atoms with E-state index in [1.807, 2.05) is 37.5 Å². The fourth-order valence-electron chi connectivity index (χ4n) is 8.84. The molecule has 0 bridgehead atoms. The second-order valence-electron chi connectivity index (χ2n) is 16.0. The van der Waals surface area contributed by atoms with Gasteiger partial charge in [-0.15, -0.1) is 0 Å². The van der Waals surface area contributed by atoms with E-state index in [-0.39, 0.29) is 24.0 Å². The molecule has 4 aliphatic rings. The number of pyridine rings is 1. The first-order valence-corrected chi connectivity index (χ1v) is 18.2. The van der Waals surface area contributed by atoms with Crippen LogP contribution in [-0.2, 0) is 14.9 Å². The highest BCUT2D eigenvalue weighted by molar-refractivity contribution is 6.09. The number of imidazole rings is 1. The molecule has 1 saturated carbocycles. The standard InChI is InChI=1S/C40H49N7O3/c1-24(2)46-23-42-33-21-32(44-36(35(33)46)43-27-9-7-25(3)30(18-27)37(48)50-6)26-8-10-31-34(17-26)47(38(49)40(31)11-14-41-15-12-40)29-19-28(20-29)45-16-13-39(4,5)22-45/h7-10,17-18,21,23-24,28-29,41H,11-16,19-20,22H2,1-6H3,(H,43,44)/t28-,29+. The Bertz CT molecular complexity index is 1990. The predicted molar refractivity (Wildman–Crippen MR) is 197 cm³/mol. The summed E-state index contributed by atoms with van der Waals surface area (Å²) >= 11 is 0. The van der Waals surface area contributed by atoms with Crippen molar-refractivity contribution in [1.82, 2.24) is 24.8 Å². The highest BCUT2D eigenvalue weighted by atomic mass is 16.5. The maximum absolute atomic E-state index is 14.6. The zero-order valence-corrected chi connectivity index (χ0v) is 30.2. The van der Waals surface area contributed by atoms with E-state index >= 15 is 0 Å². The number of nitrogens with zero attached hydrogens (tertiary/aromatic N) is 5. The van der Waals surface area contributed by atoms with Crippen LogP contribution < -0.4 is 15.5 Å². The summed E-state index contributed by atoms with van der Waals surface area (Å²) in [5.74, 6) is 0.552. The molecule has 1 amide bonds. The number of rotatable bonds is 7. The summed E-state index contributed by atoms with van der Waals surface area (Å²) in [6.07, 6.45) is 6.78. The van der Waals surface area contributed by atoms with E-state index in [0.717, 1.165) is 96.7 Å². The van der Waals surface area contributed by atoms with Crippen LogP contribution in [0.3, 0.4) is 0 Å². The van der Waals surface area contributed by atoms with Gasteiger partial charge in [-0.25, -0.2) is 14.8 Å². The minimum atomic E-state index is -0.469. The number of methoxy groups -OCH3 is 1. The second-order valence-corrected chi connectivity index (χ2v) is 16.0. The number of aryl methyl sites for hydroxylation is 1. The van der Waals surface area contributed by atoms with E-state index in [1.165, 1.54) is 13.5 Å². The van der Waals surface area contributed by atoms with Crippen LogP contribution in [0.5, 0.6) is 0 Å². The van der Waals surface area contributed by atoms with Gasteiger partial charge in [0.2, 0.25) is 5.91 Å². The molecule has 50 heavy (non-hydrogen) atoms. The Balaban J connectivity index is 1.18. The van der Waals surface area contributed by atoms with Gasteiger partial charge in [-0.1, -0.05) is 32.0 Å². The monoisotopic (exact) mass is 675 g/mol. The lowest BCUT2D eigenvalue weighted by atomic mass is 9.74. The molecule has 3 aliphatic heterocycles. The number of carbonyl (C=O) groups is 2. The smallest absolute Gasteiger partial charge is 0.338 e. The van der Waals surface area contributed by atoms with Crippen molar-refractivity contribution in [2.45, 2.75) is 90.3 Å². The average molecular weight is 676 g/mol. The number of anilines is 3. The Hall–Kier alpha value is -4.28. The molecular formula is C40H49N7O3. The maximum atomic E-state index is 14.6. The van der Waals surface area contributed by atoms with Crippen LogP contribution in [0, 0.1) is 12.3 Å². The summed E-state index contributed by atoms with van der Waals surface area (Å²) in [5.41, 5.74) is 7.63. The van der Waals surface area contributed by atoms with Crippen LogP contribution in [0.2, 0.25) is 0 Å². The molecule has 0 unspecified atom stereocenters. The Morgan fingerprint density at radius 1 is 1.04 bits per heavy atom. The van der Waals surface area contributed by atoms with Crippen LogP contribution >= 0.6 is 0 Å². The number of hydrogen-bond acceptors (Lipinski definition) is 8. The first-order valence-electron chi connectivity index (χ1n) is 18.2. The van der Waals surface area contributed by atoms with Gasteiger partial charge in [0, 0.05) is 41.6 Å². The zero-order valence-electron chi connectivity index (χ0n) is 30.2. The van der Waals surface area contributed by atoms with Crippen molar-refractivity contribution < 1.29 is 14.3 Å². The number of aromatic nitrogens is 3. The molecule has 10 nitrogen and oxygen atoms in total. The molecule has 2 saturated heterocycles. The lowest BCUT2D eigenvalue weighted by Crippen LogP contribution is -2.57. The Kier molecular flexibility index (Phi) is 8.02. The maximum Gasteiger partial charge on any atom is 0.338 e. The number of nitrogens with one attached hydrogen (secondary N) is 2. The van der Waals surface area contributed by atoms with E-state index in [1.54, 1.807) is 0 Å². The molecule has 1 spiro atoms. The van der Waals surface area contributed by atoms with Crippen molar-refractivity contribution in [1.29, 1.82) is 0 Å². The summed E-state index contributed by atoms with van der Waals surface area (Å²) in [7, 11) is 1.40. The van der Waals surface area contributed by atoms with E-state index in [0.29, 0.717) is 22.8 Å². The number of fused-ring (bicyclic) bond motifs is 3. The summed E-state index contributed by atoms with van der Waals surface area (Å²) in [4.78, 5) is 42.0. The Morgan fingerprint density at radius 2 is 1.82 bits per heavy atom. The van der Waals surface area contributed by atoms with Crippen LogP contribution in [0.1, 0.15) is 87.3 Å². The quantitative estimate of drug-likeness (QED) is 0.208. The van der Waals surface area contributed by atoms with E-state index in [4.69, 9.17) is 14.7 Å². The average Bonchev–Trinajstić information content (AvgIpc) is 3.74. The molecular weight excluding hydrogens is 626 g/mol. The highest BCUT2D eigenvalue weighted by Crippen LogP contribution is 2.52. The van der Waals surface area contributed by atoms with Gasteiger partial charge in [0.05, 0.1) is 35.6 Å². The fourth-order valence-corrected chi connectivity index (χ4v) is 8.84. The van der Waals surface area contributed by atoms with Crippen LogP contribution in [0.4, 0.5) is 17.2 Å². The molecule has 1 aliphatic carbocycles. The van der Waals surface area contributed by atoms with E-state index in [2.05, 4.69) is 70.9 Å². The van der Waals surface area contributed by atoms with Gasteiger partial charge in [-0.2, -0.15) is 0 Å². The van der Waals surface area contributed by atoms with Crippen molar-refractivity contribution in [3.8, 4) is 11.3 Å². The Morgan fingerprint density at radius 3 is 2.52 bits per heavy atom. The van der Waals surface area contributed by atoms with Crippen LogP contribution in [0.25, 0.3) is 22.3 Å². The molecule has 10 heteroatoms. The zero-order chi connectivity index (χ0) is 34.9. The SMILES string of the molecule is COC(=O)c1cc(Nc2nc(-c3ccc4c(c3)N([C@H]3C[C@@H](N5CCC(C)(C)C5)C3)C(=O)C43CCNCC3)cc3ncn(C(C)C)c23)ccc1C. The van der Waals surface area contributed by atoms with Gasteiger partial charge in [-0.05, 0) is 113 Å². The van der Waals surface area contributed by atoms with E-state index in [9.17, 15) is 9.59 Å². The molecule has 2 N–H and O–H groups in total. The molecule has 262 valence electrons. The number of amides is 1. The predicted octanol–water partition coefficient (Wildman–Crippen LogP) is 6.75. The lowest BCUT2D eigenvalue weighted by Gasteiger charge is -2.46. The van der Waals surface area contributed by atoms with E-state index < -0.39 is 5.41 Å². The third-order valence-electron chi connectivity index (χ3n) is 11.8. The molecule has 0 atom stereocenters. The highest BCUT2D eigenvalue weighted by Gasteiger charge is 2.55. The number of ether oxygens (including phenoxy) is 1. The van der Waals surface area contributed by atoms with Gasteiger partial charge >= 0.3 is 5.97 Å². The summed E-state index contributed by atoms with van der Waals surface area (Å²) in [6.45, 7) is 14.9. The number of likely N-dealkylation sites (tertiary alicyclic amines) is 1. The van der Waals surface area contributed by atoms with Gasteiger partial charge in [-0.3, -0.25) is 9.69 Å². The topological polar surface area (TPSA) is 105 Å². The van der Waals surface area contributed by atoms with Crippen molar-refractivity contribution >= 4 is 40.1 Å².